The Morgan fingerprint density at radius 2 is 2.31 bits per heavy atom. The highest BCUT2D eigenvalue weighted by atomic mass is 16.3. The third-order valence-corrected chi connectivity index (χ3v) is 1.95. The number of Topliss-reactive ketones (excluding diaryl/α,β-unsaturated/α-hetero) is 1. The Bertz CT molecular complexity index is 209. The van der Waals surface area contributed by atoms with E-state index in [2.05, 4.69) is 5.43 Å². The predicted molar refractivity (Wildman–Crippen MR) is 45.6 cm³/mol. The summed E-state index contributed by atoms with van der Waals surface area (Å²) in [6.07, 6.45) is -0.356. The molecule has 1 aliphatic heterocycles. The van der Waals surface area contributed by atoms with Crippen molar-refractivity contribution < 1.29 is 14.7 Å². The molecule has 1 rings (SSSR count). The first-order valence-electron chi connectivity index (χ1n) is 4.36. The van der Waals surface area contributed by atoms with Crippen molar-refractivity contribution >= 4 is 11.7 Å². The van der Waals surface area contributed by atoms with Gasteiger partial charge in [0.2, 0.25) is 5.91 Å². The summed E-state index contributed by atoms with van der Waals surface area (Å²) in [4.78, 5) is 22.3. The number of nitrogens with one attached hydrogen (secondary N) is 1. The van der Waals surface area contributed by atoms with Crippen molar-refractivity contribution in [1.82, 2.24) is 10.4 Å². The van der Waals surface area contributed by atoms with Crippen molar-refractivity contribution in [3.05, 3.63) is 0 Å². The molecule has 0 radical (unpaired) electrons. The molecule has 0 bridgehead atoms. The summed E-state index contributed by atoms with van der Waals surface area (Å²) in [5, 5.41) is 10.3. The third-order valence-electron chi connectivity index (χ3n) is 1.95. The van der Waals surface area contributed by atoms with Gasteiger partial charge in [0.1, 0.15) is 6.10 Å². The molecule has 0 aliphatic carbocycles. The minimum absolute atomic E-state index is 0.218. The molecule has 1 unspecified atom stereocenters. The summed E-state index contributed by atoms with van der Waals surface area (Å²) in [6, 6.07) is 0. The number of hydrazine groups is 1. The van der Waals surface area contributed by atoms with Crippen molar-refractivity contribution in [2.45, 2.75) is 25.9 Å². The largest absolute Gasteiger partial charge is 0.386 e. The Morgan fingerprint density at radius 1 is 1.62 bits per heavy atom. The van der Waals surface area contributed by atoms with Crippen LogP contribution >= 0.6 is 0 Å². The van der Waals surface area contributed by atoms with Gasteiger partial charge in [-0.2, -0.15) is 0 Å². The van der Waals surface area contributed by atoms with Crippen molar-refractivity contribution in [3.63, 3.8) is 0 Å². The van der Waals surface area contributed by atoms with Crippen LogP contribution in [0, 0.1) is 0 Å². The number of hydrogen-bond donors (Lipinski definition) is 2. The lowest BCUT2D eigenvalue weighted by Gasteiger charge is -2.15. The fraction of sp³-hybridized carbons (Fsp3) is 0.750. The highest BCUT2D eigenvalue weighted by Gasteiger charge is 2.21. The fourth-order valence-corrected chi connectivity index (χ4v) is 1.14. The minimum Gasteiger partial charge on any atom is -0.386 e. The number of carbonyl (C=O) groups is 2. The van der Waals surface area contributed by atoms with Crippen LogP contribution in [-0.2, 0) is 9.59 Å². The summed E-state index contributed by atoms with van der Waals surface area (Å²) in [5.74, 6) is -0.692. The first-order chi connectivity index (χ1) is 6.11. The lowest BCUT2D eigenvalue weighted by molar-refractivity contribution is -0.139. The Kier molecular flexibility index (Phi) is 3.39. The molecular formula is C8H14N2O3. The van der Waals surface area contributed by atoms with Crippen molar-refractivity contribution in [3.8, 4) is 0 Å². The summed E-state index contributed by atoms with van der Waals surface area (Å²) in [6.45, 7) is 2.79. The average Bonchev–Trinajstić information content (AvgIpc) is 2.55. The molecule has 5 heteroatoms. The van der Waals surface area contributed by atoms with E-state index in [1.165, 1.54) is 11.9 Å². The molecule has 2 N–H and O–H groups in total. The summed E-state index contributed by atoms with van der Waals surface area (Å²) < 4.78 is 0. The molecule has 1 heterocycles. The predicted octanol–water partition coefficient (Wildman–Crippen LogP) is -0.937. The molecule has 0 aromatic carbocycles. The molecule has 0 saturated carbocycles. The number of hydrogen-bond acceptors (Lipinski definition) is 4. The Morgan fingerprint density at radius 3 is 2.77 bits per heavy atom. The van der Waals surface area contributed by atoms with Gasteiger partial charge in [0, 0.05) is 13.1 Å². The van der Waals surface area contributed by atoms with Crippen LogP contribution in [0.15, 0.2) is 0 Å². The van der Waals surface area contributed by atoms with E-state index in [4.69, 9.17) is 5.11 Å². The summed E-state index contributed by atoms with van der Waals surface area (Å²) in [5.41, 5.74) is 2.85. The summed E-state index contributed by atoms with van der Waals surface area (Å²) in [7, 11) is 0. The molecule has 1 fully saturated rings. The number of rotatable bonds is 3. The van der Waals surface area contributed by atoms with Gasteiger partial charge in [0.05, 0.1) is 6.42 Å². The van der Waals surface area contributed by atoms with Crippen LogP contribution < -0.4 is 5.43 Å². The van der Waals surface area contributed by atoms with Crippen LogP contribution in [0.4, 0.5) is 0 Å². The number of aliphatic hydroxyl groups is 1. The zero-order valence-electron chi connectivity index (χ0n) is 7.62. The Hall–Kier alpha value is -0.940. The van der Waals surface area contributed by atoms with Gasteiger partial charge in [-0.3, -0.25) is 14.6 Å². The maximum atomic E-state index is 11.3. The van der Waals surface area contributed by atoms with Gasteiger partial charge in [-0.15, -0.1) is 0 Å². The van der Waals surface area contributed by atoms with E-state index in [1.807, 2.05) is 0 Å². The topological polar surface area (TPSA) is 69.6 Å². The zero-order valence-corrected chi connectivity index (χ0v) is 7.62. The molecule has 74 valence electrons. The van der Waals surface area contributed by atoms with E-state index < -0.39 is 11.9 Å². The van der Waals surface area contributed by atoms with Crippen molar-refractivity contribution in [1.29, 1.82) is 0 Å². The van der Waals surface area contributed by atoms with Crippen molar-refractivity contribution in [2.75, 3.05) is 13.1 Å². The van der Waals surface area contributed by atoms with E-state index in [-0.39, 0.29) is 12.3 Å². The van der Waals surface area contributed by atoms with E-state index in [9.17, 15) is 9.59 Å². The molecule has 0 spiro atoms. The van der Waals surface area contributed by atoms with Gasteiger partial charge in [0.15, 0.2) is 5.78 Å². The fourth-order valence-electron chi connectivity index (χ4n) is 1.14. The van der Waals surface area contributed by atoms with Crippen LogP contribution in [0.5, 0.6) is 0 Å². The molecule has 0 aromatic heterocycles. The van der Waals surface area contributed by atoms with Gasteiger partial charge in [0.25, 0.3) is 0 Å². The summed E-state index contributed by atoms with van der Waals surface area (Å²) >= 11 is 0. The number of ketones is 1. The smallest absolute Gasteiger partial charge is 0.244 e. The highest BCUT2D eigenvalue weighted by Crippen LogP contribution is 2.01. The van der Waals surface area contributed by atoms with Crippen LogP contribution in [0.2, 0.25) is 0 Å². The number of carbonyl (C=O) groups excluding carboxylic acids is 2. The van der Waals surface area contributed by atoms with Crippen LogP contribution in [0.25, 0.3) is 0 Å². The van der Waals surface area contributed by atoms with E-state index in [1.54, 1.807) is 0 Å². The SMILES string of the molecule is CC(O)C(=O)CC(=O)N1CCCN1. The Balaban J connectivity index is 2.36. The maximum Gasteiger partial charge on any atom is 0.244 e. The molecule has 5 nitrogen and oxygen atoms in total. The molecule has 1 amide bonds. The van der Waals surface area contributed by atoms with E-state index >= 15 is 0 Å². The lowest BCUT2D eigenvalue weighted by Crippen LogP contribution is -2.39. The molecular weight excluding hydrogens is 172 g/mol. The molecule has 1 saturated heterocycles. The van der Waals surface area contributed by atoms with Crippen molar-refractivity contribution in [2.24, 2.45) is 0 Å². The van der Waals surface area contributed by atoms with E-state index in [0.29, 0.717) is 6.54 Å². The number of amides is 1. The highest BCUT2D eigenvalue weighted by molar-refractivity contribution is 5.99. The first-order valence-corrected chi connectivity index (χ1v) is 4.36. The second kappa shape index (κ2) is 4.34. The maximum absolute atomic E-state index is 11.3. The standard InChI is InChI=1S/C8H14N2O3/c1-6(11)7(12)5-8(13)10-4-2-3-9-10/h6,9,11H,2-5H2,1H3. The molecule has 1 aliphatic rings. The third kappa shape index (κ3) is 2.78. The normalized spacial score (nSPS) is 18.8. The Labute approximate surface area is 76.7 Å². The van der Waals surface area contributed by atoms with Crippen LogP contribution in [0.1, 0.15) is 19.8 Å². The van der Waals surface area contributed by atoms with Gasteiger partial charge in [-0.05, 0) is 13.3 Å². The average molecular weight is 186 g/mol. The van der Waals surface area contributed by atoms with Crippen LogP contribution in [-0.4, -0.2) is 41.0 Å². The molecule has 13 heavy (non-hydrogen) atoms. The van der Waals surface area contributed by atoms with Gasteiger partial charge < -0.3 is 5.11 Å². The van der Waals surface area contributed by atoms with Gasteiger partial charge in [-0.25, -0.2) is 5.43 Å². The number of aliphatic hydroxyl groups excluding tert-OH is 1. The monoisotopic (exact) mass is 186 g/mol. The second-order valence-corrected chi connectivity index (χ2v) is 3.13. The number of nitrogens with zero attached hydrogens (tertiary/aromatic N) is 1. The lowest BCUT2D eigenvalue weighted by atomic mass is 10.2. The zero-order chi connectivity index (χ0) is 9.84. The molecule has 0 aromatic rings. The van der Waals surface area contributed by atoms with Gasteiger partial charge in [-0.1, -0.05) is 0 Å². The van der Waals surface area contributed by atoms with Crippen LogP contribution in [0.3, 0.4) is 0 Å². The minimum atomic E-state index is -1.05. The van der Waals surface area contributed by atoms with Gasteiger partial charge >= 0.3 is 0 Å². The first kappa shape index (κ1) is 10.1. The van der Waals surface area contributed by atoms with E-state index in [0.717, 1.165) is 13.0 Å². The molecule has 1 atom stereocenters. The quantitative estimate of drug-likeness (QED) is 0.558. The second-order valence-electron chi connectivity index (χ2n) is 3.13.